The van der Waals surface area contributed by atoms with Crippen LogP contribution in [0.25, 0.3) is 10.8 Å². The van der Waals surface area contributed by atoms with Gasteiger partial charge in [0.05, 0.1) is 0 Å². The predicted octanol–water partition coefficient (Wildman–Crippen LogP) is 2.81. The number of halogens is 1. The van der Waals surface area contributed by atoms with Gasteiger partial charge in [-0.3, -0.25) is 9.59 Å². The molecule has 0 aliphatic carbocycles. The summed E-state index contributed by atoms with van der Waals surface area (Å²) in [4.78, 5) is 24.1. The second-order valence-corrected chi connectivity index (χ2v) is 5.79. The van der Waals surface area contributed by atoms with Crippen molar-refractivity contribution < 1.29 is 14.0 Å². The molecule has 0 heterocycles. The SMILES string of the molecule is NC(=O)[C@H](Cc1ccccc1F)NC(=O)c1ccc2ccccc2c1. The summed E-state index contributed by atoms with van der Waals surface area (Å²) in [5.74, 6) is -1.57. The molecule has 126 valence electrons. The molecule has 0 aliphatic heterocycles. The fourth-order valence-corrected chi connectivity index (χ4v) is 2.68. The third kappa shape index (κ3) is 3.83. The lowest BCUT2D eigenvalue weighted by atomic mass is 10.0. The molecule has 25 heavy (non-hydrogen) atoms. The van der Waals surface area contributed by atoms with E-state index in [0.29, 0.717) is 11.1 Å². The van der Waals surface area contributed by atoms with Crippen molar-refractivity contribution in [1.29, 1.82) is 0 Å². The van der Waals surface area contributed by atoms with Gasteiger partial charge in [-0.25, -0.2) is 4.39 Å². The van der Waals surface area contributed by atoms with E-state index < -0.39 is 23.7 Å². The number of fused-ring (bicyclic) bond motifs is 1. The molecule has 3 aromatic carbocycles. The smallest absolute Gasteiger partial charge is 0.251 e. The number of rotatable bonds is 5. The highest BCUT2D eigenvalue weighted by molar-refractivity contribution is 6.00. The van der Waals surface area contributed by atoms with Crippen LogP contribution < -0.4 is 11.1 Å². The van der Waals surface area contributed by atoms with E-state index in [0.717, 1.165) is 10.8 Å². The zero-order valence-electron chi connectivity index (χ0n) is 13.4. The fraction of sp³-hybridized carbons (Fsp3) is 0.100. The Morgan fingerprint density at radius 3 is 2.36 bits per heavy atom. The van der Waals surface area contributed by atoms with E-state index in [-0.39, 0.29) is 6.42 Å². The monoisotopic (exact) mass is 336 g/mol. The summed E-state index contributed by atoms with van der Waals surface area (Å²) < 4.78 is 13.8. The fourth-order valence-electron chi connectivity index (χ4n) is 2.68. The summed E-state index contributed by atoms with van der Waals surface area (Å²) in [6.07, 6.45) is 0.00132. The molecule has 0 aromatic heterocycles. The van der Waals surface area contributed by atoms with Gasteiger partial charge in [-0.1, -0.05) is 48.5 Å². The molecule has 5 heteroatoms. The number of carbonyl (C=O) groups excluding carboxylic acids is 2. The highest BCUT2D eigenvalue weighted by atomic mass is 19.1. The highest BCUT2D eigenvalue weighted by Crippen LogP contribution is 2.16. The Hall–Kier alpha value is -3.21. The van der Waals surface area contributed by atoms with Crippen LogP contribution in [-0.4, -0.2) is 17.9 Å². The number of nitrogens with one attached hydrogen (secondary N) is 1. The number of hydrogen-bond acceptors (Lipinski definition) is 2. The van der Waals surface area contributed by atoms with E-state index in [1.165, 1.54) is 6.07 Å². The zero-order chi connectivity index (χ0) is 17.8. The van der Waals surface area contributed by atoms with E-state index in [4.69, 9.17) is 5.73 Å². The summed E-state index contributed by atoms with van der Waals surface area (Å²) in [5, 5.41) is 4.52. The first kappa shape index (κ1) is 16.6. The minimum Gasteiger partial charge on any atom is -0.368 e. The summed E-state index contributed by atoms with van der Waals surface area (Å²) in [6.45, 7) is 0. The number of carbonyl (C=O) groups is 2. The molecule has 0 aliphatic rings. The van der Waals surface area contributed by atoms with Crippen molar-refractivity contribution in [1.82, 2.24) is 5.32 Å². The van der Waals surface area contributed by atoms with Crippen molar-refractivity contribution in [3.05, 3.63) is 83.7 Å². The van der Waals surface area contributed by atoms with Crippen molar-refractivity contribution in [2.24, 2.45) is 5.73 Å². The third-order valence-corrected chi connectivity index (χ3v) is 4.04. The lowest BCUT2D eigenvalue weighted by Crippen LogP contribution is -2.46. The molecule has 0 saturated heterocycles. The lowest BCUT2D eigenvalue weighted by Gasteiger charge is -2.16. The van der Waals surface area contributed by atoms with Crippen LogP contribution in [0.15, 0.2) is 66.7 Å². The summed E-state index contributed by atoms with van der Waals surface area (Å²) in [6, 6.07) is 18.0. The summed E-state index contributed by atoms with van der Waals surface area (Å²) in [5.41, 5.74) is 6.11. The van der Waals surface area contributed by atoms with E-state index in [2.05, 4.69) is 5.32 Å². The normalized spacial score (nSPS) is 11.9. The van der Waals surface area contributed by atoms with Crippen LogP contribution in [0.3, 0.4) is 0 Å². The average molecular weight is 336 g/mol. The van der Waals surface area contributed by atoms with Crippen LogP contribution in [0.2, 0.25) is 0 Å². The number of hydrogen-bond donors (Lipinski definition) is 2. The van der Waals surface area contributed by atoms with Crippen molar-refractivity contribution >= 4 is 22.6 Å². The molecule has 0 fully saturated rings. The van der Waals surface area contributed by atoms with Gasteiger partial charge in [0.25, 0.3) is 5.91 Å². The standard InChI is InChI=1S/C20H17FN2O2/c21-17-8-4-3-7-15(17)12-18(19(22)24)23-20(25)16-10-9-13-5-1-2-6-14(13)11-16/h1-11,18H,12H2,(H2,22,24)(H,23,25)/t18-/m0/s1. The first-order valence-corrected chi connectivity index (χ1v) is 7.87. The summed E-state index contributed by atoms with van der Waals surface area (Å²) >= 11 is 0. The molecular weight excluding hydrogens is 319 g/mol. The van der Waals surface area contributed by atoms with Gasteiger partial charge in [0.2, 0.25) is 5.91 Å². The van der Waals surface area contributed by atoms with Gasteiger partial charge in [0, 0.05) is 12.0 Å². The van der Waals surface area contributed by atoms with Crippen LogP contribution in [0.4, 0.5) is 4.39 Å². The van der Waals surface area contributed by atoms with Crippen LogP contribution in [0, 0.1) is 5.82 Å². The first-order chi connectivity index (χ1) is 12.0. The first-order valence-electron chi connectivity index (χ1n) is 7.87. The maximum absolute atomic E-state index is 13.8. The molecular formula is C20H17FN2O2. The topological polar surface area (TPSA) is 72.2 Å². The van der Waals surface area contributed by atoms with Gasteiger partial charge in [-0.2, -0.15) is 0 Å². The maximum Gasteiger partial charge on any atom is 0.251 e. The van der Waals surface area contributed by atoms with Gasteiger partial charge in [0.1, 0.15) is 11.9 Å². The largest absolute Gasteiger partial charge is 0.368 e. The number of primary amides is 1. The van der Waals surface area contributed by atoms with Crippen molar-refractivity contribution in [3.8, 4) is 0 Å². The van der Waals surface area contributed by atoms with E-state index in [1.54, 1.807) is 30.3 Å². The molecule has 0 unspecified atom stereocenters. The van der Waals surface area contributed by atoms with Crippen molar-refractivity contribution in [2.45, 2.75) is 12.5 Å². The van der Waals surface area contributed by atoms with Gasteiger partial charge in [0.15, 0.2) is 0 Å². The van der Waals surface area contributed by atoms with Crippen molar-refractivity contribution in [3.63, 3.8) is 0 Å². The molecule has 2 amide bonds. The molecule has 0 spiro atoms. The second kappa shape index (κ2) is 7.13. The number of amides is 2. The Labute approximate surface area is 144 Å². The molecule has 3 aromatic rings. The number of nitrogens with two attached hydrogens (primary N) is 1. The Balaban J connectivity index is 1.80. The molecule has 0 saturated carbocycles. The van der Waals surface area contributed by atoms with E-state index >= 15 is 0 Å². The molecule has 0 radical (unpaired) electrons. The summed E-state index contributed by atoms with van der Waals surface area (Å²) in [7, 11) is 0. The quantitative estimate of drug-likeness (QED) is 0.752. The maximum atomic E-state index is 13.8. The Morgan fingerprint density at radius 1 is 0.960 bits per heavy atom. The average Bonchev–Trinajstić information content (AvgIpc) is 2.62. The Morgan fingerprint density at radius 2 is 1.64 bits per heavy atom. The molecule has 0 bridgehead atoms. The van der Waals surface area contributed by atoms with Crippen LogP contribution in [0.5, 0.6) is 0 Å². The highest BCUT2D eigenvalue weighted by Gasteiger charge is 2.21. The molecule has 1 atom stereocenters. The van der Waals surface area contributed by atoms with Crippen LogP contribution >= 0.6 is 0 Å². The van der Waals surface area contributed by atoms with E-state index in [9.17, 15) is 14.0 Å². The van der Waals surface area contributed by atoms with Gasteiger partial charge >= 0.3 is 0 Å². The molecule has 3 N–H and O–H groups in total. The molecule has 3 rings (SSSR count). The van der Waals surface area contributed by atoms with E-state index in [1.807, 2.05) is 30.3 Å². The molecule has 4 nitrogen and oxygen atoms in total. The van der Waals surface area contributed by atoms with Gasteiger partial charge in [-0.15, -0.1) is 0 Å². The van der Waals surface area contributed by atoms with Crippen molar-refractivity contribution in [2.75, 3.05) is 0 Å². The Bertz CT molecular complexity index is 940. The number of benzene rings is 3. The van der Waals surface area contributed by atoms with Gasteiger partial charge < -0.3 is 11.1 Å². The van der Waals surface area contributed by atoms with Gasteiger partial charge in [-0.05, 0) is 34.5 Å². The minimum atomic E-state index is -0.990. The lowest BCUT2D eigenvalue weighted by molar-refractivity contribution is -0.119. The second-order valence-electron chi connectivity index (χ2n) is 5.79. The van der Waals surface area contributed by atoms with Crippen LogP contribution in [-0.2, 0) is 11.2 Å². The predicted molar refractivity (Wildman–Crippen MR) is 94.5 cm³/mol. The minimum absolute atomic E-state index is 0.00132. The van der Waals surface area contributed by atoms with Crippen LogP contribution in [0.1, 0.15) is 15.9 Å². The Kier molecular flexibility index (Phi) is 4.75. The third-order valence-electron chi connectivity index (χ3n) is 4.04. The zero-order valence-corrected chi connectivity index (χ0v) is 13.4.